The molecule has 0 aromatic rings. The Balaban J connectivity index is 0.00000208. The van der Waals surface area contributed by atoms with Gasteiger partial charge in [-0.05, 0) is 58.4 Å². The fourth-order valence-corrected chi connectivity index (χ4v) is 3.89. The molecule has 3 fully saturated rings. The summed E-state index contributed by atoms with van der Waals surface area (Å²) in [6, 6.07) is 0.912. The molecule has 1 unspecified atom stereocenters. The Morgan fingerprint density at radius 2 is 1.83 bits per heavy atom. The molecule has 3 aliphatic rings. The Hall–Kier alpha value is -0.0800. The lowest BCUT2D eigenvalue weighted by atomic mass is 10.1. The molecule has 5 nitrogen and oxygen atoms in total. The van der Waals surface area contributed by atoms with Crippen molar-refractivity contribution in [3.8, 4) is 0 Å². The van der Waals surface area contributed by atoms with Crippen LogP contribution in [0, 0.1) is 5.92 Å². The van der Waals surface area contributed by atoms with Gasteiger partial charge in [0.25, 0.3) is 0 Å². The molecule has 6 heteroatoms. The van der Waals surface area contributed by atoms with Crippen molar-refractivity contribution >= 4 is 29.9 Å². The molecule has 0 radical (unpaired) electrons. The van der Waals surface area contributed by atoms with Crippen molar-refractivity contribution in [1.29, 1.82) is 0 Å². The summed E-state index contributed by atoms with van der Waals surface area (Å²) in [6.07, 6.45) is 6.86. The molecule has 0 spiro atoms. The molecule has 2 aliphatic heterocycles. The van der Waals surface area contributed by atoms with Crippen molar-refractivity contribution in [2.75, 3.05) is 45.9 Å². The lowest BCUT2D eigenvalue weighted by Crippen LogP contribution is -2.47. The molecule has 3 rings (SSSR count). The maximum Gasteiger partial charge on any atom is 0.193 e. The van der Waals surface area contributed by atoms with E-state index in [0.29, 0.717) is 6.10 Å². The van der Waals surface area contributed by atoms with Crippen molar-refractivity contribution in [3.63, 3.8) is 0 Å². The number of piperidine rings is 1. The first-order chi connectivity index (χ1) is 11.3. The number of ether oxygens (including phenoxy) is 1. The molecule has 1 aliphatic carbocycles. The summed E-state index contributed by atoms with van der Waals surface area (Å²) in [5, 5.41) is 3.49. The fraction of sp³-hybridized carbons (Fsp3) is 0.944. The monoisotopic (exact) mass is 450 g/mol. The Morgan fingerprint density at radius 1 is 1.08 bits per heavy atom. The largest absolute Gasteiger partial charge is 0.378 e. The molecule has 0 amide bonds. The normalized spacial score (nSPS) is 26.5. The fourth-order valence-electron chi connectivity index (χ4n) is 3.89. The highest BCUT2D eigenvalue weighted by Gasteiger charge is 2.34. The average Bonchev–Trinajstić information content (AvgIpc) is 3.31. The molecule has 2 heterocycles. The highest BCUT2D eigenvalue weighted by Crippen LogP contribution is 2.31. The highest BCUT2D eigenvalue weighted by atomic mass is 127. The minimum atomic E-state index is 0. The smallest absolute Gasteiger partial charge is 0.193 e. The summed E-state index contributed by atoms with van der Waals surface area (Å²) in [5.41, 5.74) is 0. The van der Waals surface area contributed by atoms with E-state index in [1.807, 2.05) is 0 Å². The van der Waals surface area contributed by atoms with Crippen LogP contribution in [-0.4, -0.2) is 73.8 Å². The van der Waals surface area contributed by atoms with E-state index in [-0.39, 0.29) is 24.0 Å². The number of guanidine groups is 1. The van der Waals surface area contributed by atoms with Gasteiger partial charge in [-0.15, -0.1) is 24.0 Å². The number of hydrogen-bond acceptors (Lipinski definition) is 3. The van der Waals surface area contributed by atoms with Crippen molar-refractivity contribution in [2.24, 2.45) is 10.9 Å². The van der Waals surface area contributed by atoms with E-state index in [1.165, 1.54) is 32.4 Å². The molecular weight excluding hydrogens is 415 g/mol. The minimum absolute atomic E-state index is 0. The standard InChI is InChI=1S/C18H34N4O.HI/c1-3-19-18(21-11-8-17(9-12-21)23-4-2)20-13-15-7-10-22(14-15)16-5-6-16;/h15-17H,3-14H2,1-2H3,(H,19,20);1H. The molecule has 2 saturated heterocycles. The lowest BCUT2D eigenvalue weighted by molar-refractivity contribution is 0.0263. The number of aliphatic imine (C=N–C) groups is 1. The second-order valence-electron chi connectivity index (χ2n) is 7.22. The summed E-state index contributed by atoms with van der Waals surface area (Å²) in [5.74, 6) is 1.87. The van der Waals surface area contributed by atoms with Crippen LogP contribution < -0.4 is 5.32 Å². The summed E-state index contributed by atoms with van der Waals surface area (Å²) >= 11 is 0. The van der Waals surface area contributed by atoms with Crippen molar-refractivity contribution < 1.29 is 4.74 Å². The van der Waals surface area contributed by atoms with E-state index in [0.717, 1.165) is 63.5 Å². The maximum atomic E-state index is 5.76. The van der Waals surface area contributed by atoms with E-state index in [1.54, 1.807) is 0 Å². The predicted molar refractivity (Wildman–Crippen MR) is 110 cm³/mol. The van der Waals surface area contributed by atoms with E-state index in [9.17, 15) is 0 Å². The van der Waals surface area contributed by atoms with Gasteiger partial charge in [-0.1, -0.05) is 0 Å². The van der Waals surface area contributed by atoms with Crippen LogP contribution in [0.2, 0.25) is 0 Å². The topological polar surface area (TPSA) is 40.1 Å². The van der Waals surface area contributed by atoms with Crippen LogP contribution in [0.1, 0.15) is 46.0 Å². The zero-order valence-electron chi connectivity index (χ0n) is 15.4. The second-order valence-corrected chi connectivity index (χ2v) is 7.22. The Bertz CT molecular complexity index is 394. The molecular formula is C18H35IN4O. The molecule has 0 aromatic heterocycles. The first-order valence-electron chi connectivity index (χ1n) is 9.69. The van der Waals surface area contributed by atoms with Gasteiger partial charge in [-0.2, -0.15) is 0 Å². The van der Waals surface area contributed by atoms with Crippen molar-refractivity contribution in [3.05, 3.63) is 0 Å². The third-order valence-corrected chi connectivity index (χ3v) is 5.36. The van der Waals surface area contributed by atoms with Crippen LogP contribution in [-0.2, 0) is 4.74 Å². The van der Waals surface area contributed by atoms with E-state index < -0.39 is 0 Å². The van der Waals surface area contributed by atoms with Crippen LogP contribution in [0.25, 0.3) is 0 Å². The summed E-state index contributed by atoms with van der Waals surface area (Å²) in [6.45, 7) is 11.7. The Morgan fingerprint density at radius 3 is 2.46 bits per heavy atom. The third kappa shape index (κ3) is 5.73. The van der Waals surface area contributed by atoms with Crippen molar-refractivity contribution in [1.82, 2.24) is 15.1 Å². The highest BCUT2D eigenvalue weighted by molar-refractivity contribution is 14.0. The van der Waals surface area contributed by atoms with Gasteiger partial charge in [-0.25, -0.2) is 0 Å². The number of likely N-dealkylation sites (tertiary alicyclic amines) is 2. The number of rotatable bonds is 6. The van der Waals surface area contributed by atoms with Gasteiger partial charge in [0, 0.05) is 45.4 Å². The molecule has 0 aromatic carbocycles. The predicted octanol–water partition coefficient (Wildman–Crippen LogP) is 2.56. The summed E-state index contributed by atoms with van der Waals surface area (Å²) < 4.78 is 5.76. The van der Waals surface area contributed by atoms with Gasteiger partial charge in [-0.3, -0.25) is 4.99 Å². The zero-order chi connectivity index (χ0) is 16.1. The van der Waals surface area contributed by atoms with Crippen LogP contribution in [0.3, 0.4) is 0 Å². The van der Waals surface area contributed by atoms with Gasteiger partial charge in [0.15, 0.2) is 5.96 Å². The van der Waals surface area contributed by atoms with E-state index in [2.05, 4.69) is 29.0 Å². The number of nitrogens with one attached hydrogen (secondary N) is 1. The Kier molecular flexibility index (Phi) is 8.57. The first-order valence-corrected chi connectivity index (χ1v) is 9.69. The van der Waals surface area contributed by atoms with Crippen LogP contribution >= 0.6 is 24.0 Å². The zero-order valence-corrected chi connectivity index (χ0v) is 17.7. The maximum absolute atomic E-state index is 5.76. The third-order valence-electron chi connectivity index (χ3n) is 5.36. The molecule has 140 valence electrons. The average molecular weight is 450 g/mol. The van der Waals surface area contributed by atoms with Gasteiger partial charge in [0.1, 0.15) is 0 Å². The van der Waals surface area contributed by atoms with Crippen LogP contribution in [0.4, 0.5) is 0 Å². The van der Waals surface area contributed by atoms with Gasteiger partial charge < -0.3 is 19.9 Å². The van der Waals surface area contributed by atoms with Gasteiger partial charge in [0.05, 0.1) is 6.10 Å². The quantitative estimate of drug-likeness (QED) is 0.384. The minimum Gasteiger partial charge on any atom is -0.378 e. The van der Waals surface area contributed by atoms with Crippen LogP contribution in [0.15, 0.2) is 4.99 Å². The SMILES string of the molecule is CCNC(=NCC1CCN(C2CC2)C1)N1CCC(OCC)CC1.I. The van der Waals surface area contributed by atoms with Gasteiger partial charge >= 0.3 is 0 Å². The lowest BCUT2D eigenvalue weighted by Gasteiger charge is -2.34. The molecule has 1 saturated carbocycles. The molecule has 0 bridgehead atoms. The summed E-state index contributed by atoms with van der Waals surface area (Å²) in [7, 11) is 0. The number of halogens is 1. The molecule has 1 atom stereocenters. The van der Waals surface area contributed by atoms with Crippen molar-refractivity contribution in [2.45, 2.75) is 58.1 Å². The van der Waals surface area contributed by atoms with E-state index >= 15 is 0 Å². The van der Waals surface area contributed by atoms with E-state index in [4.69, 9.17) is 9.73 Å². The summed E-state index contributed by atoms with van der Waals surface area (Å²) in [4.78, 5) is 10.1. The number of nitrogens with zero attached hydrogens (tertiary/aromatic N) is 3. The molecule has 24 heavy (non-hydrogen) atoms. The van der Waals surface area contributed by atoms with Crippen LogP contribution in [0.5, 0.6) is 0 Å². The Labute approximate surface area is 164 Å². The first kappa shape index (κ1) is 20.2. The molecule has 1 N–H and O–H groups in total. The number of hydrogen-bond donors (Lipinski definition) is 1. The van der Waals surface area contributed by atoms with Gasteiger partial charge in [0.2, 0.25) is 0 Å². The second kappa shape index (κ2) is 10.2.